The summed E-state index contributed by atoms with van der Waals surface area (Å²) >= 11 is 1.65. The number of aromatic nitrogens is 2. The number of amides is 2. The number of pyridine rings is 2. The van der Waals surface area contributed by atoms with Gasteiger partial charge in [-0.2, -0.15) is 0 Å². The second-order valence-electron chi connectivity index (χ2n) is 7.02. The molecule has 1 aliphatic heterocycles. The van der Waals surface area contributed by atoms with E-state index in [2.05, 4.69) is 24.0 Å². The van der Waals surface area contributed by atoms with Gasteiger partial charge in [-0.1, -0.05) is 18.2 Å². The first-order chi connectivity index (χ1) is 14.1. The van der Waals surface area contributed by atoms with E-state index in [0.717, 1.165) is 27.2 Å². The highest BCUT2D eigenvalue weighted by Gasteiger charge is 2.34. The number of fused-ring (bicyclic) bond motifs is 2. The minimum Gasteiger partial charge on any atom is -0.274 e. The highest BCUT2D eigenvalue weighted by molar-refractivity contribution is 7.18. The van der Waals surface area contributed by atoms with Crippen molar-refractivity contribution in [3.05, 3.63) is 82.4 Å². The lowest BCUT2D eigenvalue weighted by Gasteiger charge is -2.15. The van der Waals surface area contributed by atoms with Crippen LogP contribution in [0.5, 0.6) is 0 Å². The molecule has 1 aliphatic rings. The lowest BCUT2D eigenvalue weighted by atomic mass is 10.1. The van der Waals surface area contributed by atoms with Crippen LogP contribution in [0.25, 0.3) is 21.6 Å². The summed E-state index contributed by atoms with van der Waals surface area (Å²) in [6.45, 7) is 2.37. The maximum Gasteiger partial charge on any atom is 0.261 e. The van der Waals surface area contributed by atoms with Gasteiger partial charge in [-0.15, -0.1) is 11.3 Å². The molecule has 0 unspecified atom stereocenters. The van der Waals surface area contributed by atoms with E-state index in [1.54, 1.807) is 41.8 Å². The first-order valence-corrected chi connectivity index (χ1v) is 10.2. The van der Waals surface area contributed by atoms with Crippen LogP contribution in [0.3, 0.4) is 0 Å². The van der Waals surface area contributed by atoms with Gasteiger partial charge in [0, 0.05) is 23.0 Å². The zero-order valence-electron chi connectivity index (χ0n) is 15.8. The van der Waals surface area contributed by atoms with Gasteiger partial charge in [0.25, 0.3) is 11.8 Å². The summed E-state index contributed by atoms with van der Waals surface area (Å²) in [5.74, 6) is -0.462. The molecule has 0 atom stereocenters. The average molecular weight is 399 g/mol. The van der Waals surface area contributed by atoms with E-state index in [9.17, 15) is 9.59 Å². The predicted octanol–water partition coefficient (Wildman–Crippen LogP) is 4.51. The average Bonchev–Trinajstić information content (AvgIpc) is 3.23. The largest absolute Gasteiger partial charge is 0.274 e. The number of rotatable bonds is 4. The normalized spacial score (nSPS) is 13.3. The smallest absolute Gasteiger partial charge is 0.261 e. The Balaban J connectivity index is 1.50. The van der Waals surface area contributed by atoms with E-state index < -0.39 is 0 Å². The predicted molar refractivity (Wildman–Crippen MR) is 113 cm³/mol. The Morgan fingerprint density at radius 1 is 0.966 bits per heavy atom. The number of hydrogen-bond donors (Lipinski definition) is 0. The molecule has 0 radical (unpaired) electrons. The third kappa shape index (κ3) is 3.02. The monoisotopic (exact) mass is 399 g/mol. The van der Waals surface area contributed by atoms with Crippen LogP contribution in [0.15, 0.2) is 60.8 Å². The summed E-state index contributed by atoms with van der Waals surface area (Å²) in [5.41, 5.74) is 3.52. The number of carbonyl (C=O) groups is 2. The number of benzene rings is 1. The van der Waals surface area contributed by atoms with E-state index in [1.807, 2.05) is 18.2 Å². The van der Waals surface area contributed by atoms with Gasteiger partial charge in [0.05, 0.1) is 22.5 Å². The summed E-state index contributed by atoms with van der Waals surface area (Å²) in [7, 11) is 0. The molecule has 4 heterocycles. The summed E-state index contributed by atoms with van der Waals surface area (Å²) in [5, 5.41) is 1.07. The minimum absolute atomic E-state index is 0.231. The van der Waals surface area contributed by atoms with Crippen LogP contribution in [0.4, 0.5) is 0 Å². The topological polar surface area (TPSA) is 63.2 Å². The zero-order chi connectivity index (χ0) is 20.0. The van der Waals surface area contributed by atoms with Crippen molar-refractivity contribution < 1.29 is 9.59 Å². The molecule has 0 spiro atoms. The molecule has 0 bridgehead atoms. The third-order valence-electron chi connectivity index (χ3n) is 5.10. The zero-order valence-corrected chi connectivity index (χ0v) is 16.6. The van der Waals surface area contributed by atoms with Gasteiger partial charge in [0.2, 0.25) is 0 Å². The van der Waals surface area contributed by atoms with Gasteiger partial charge in [0.15, 0.2) is 0 Å². The molecule has 1 aromatic carbocycles. The summed E-state index contributed by atoms with van der Waals surface area (Å²) in [4.78, 5) is 38.2. The van der Waals surface area contributed by atoms with Gasteiger partial charge in [0.1, 0.15) is 4.83 Å². The summed E-state index contributed by atoms with van der Waals surface area (Å²) in [6.07, 6.45) is 2.27. The molecule has 29 heavy (non-hydrogen) atoms. The Morgan fingerprint density at radius 3 is 2.38 bits per heavy atom. The number of nitrogens with zero attached hydrogens (tertiary/aromatic N) is 3. The van der Waals surface area contributed by atoms with Crippen molar-refractivity contribution >= 4 is 33.4 Å². The highest BCUT2D eigenvalue weighted by Crippen LogP contribution is 2.30. The van der Waals surface area contributed by atoms with Crippen molar-refractivity contribution in [1.29, 1.82) is 0 Å². The molecule has 5 nitrogen and oxygen atoms in total. The van der Waals surface area contributed by atoms with Gasteiger partial charge in [-0.05, 0) is 55.3 Å². The maximum absolute atomic E-state index is 12.7. The van der Waals surface area contributed by atoms with Gasteiger partial charge in [-0.3, -0.25) is 19.5 Å². The molecule has 0 saturated carbocycles. The second-order valence-corrected chi connectivity index (χ2v) is 8.25. The fourth-order valence-electron chi connectivity index (χ4n) is 3.73. The van der Waals surface area contributed by atoms with Crippen LogP contribution >= 0.6 is 11.3 Å². The first-order valence-electron chi connectivity index (χ1n) is 9.38. The highest BCUT2D eigenvalue weighted by atomic mass is 32.1. The van der Waals surface area contributed by atoms with Crippen molar-refractivity contribution in [3.8, 4) is 11.4 Å². The van der Waals surface area contributed by atoms with E-state index in [-0.39, 0.29) is 11.8 Å². The Bertz CT molecular complexity index is 1230. The molecule has 3 aromatic heterocycles. The Morgan fingerprint density at radius 2 is 1.69 bits per heavy atom. The van der Waals surface area contributed by atoms with Crippen LogP contribution in [0, 0.1) is 6.92 Å². The van der Waals surface area contributed by atoms with Crippen LogP contribution < -0.4 is 0 Å². The third-order valence-corrected chi connectivity index (χ3v) is 6.06. The van der Waals surface area contributed by atoms with Crippen LogP contribution in [-0.4, -0.2) is 33.2 Å². The lowest BCUT2D eigenvalue weighted by molar-refractivity contribution is 0.0656. The van der Waals surface area contributed by atoms with Crippen molar-refractivity contribution in [2.24, 2.45) is 0 Å². The van der Waals surface area contributed by atoms with Gasteiger partial charge >= 0.3 is 0 Å². The quantitative estimate of drug-likeness (QED) is 0.474. The Labute approximate surface area is 171 Å². The second kappa shape index (κ2) is 6.90. The molecule has 0 fully saturated rings. The van der Waals surface area contributed by atoms with E-state index in [0.29, 0.717) is 24.1 Å². The molecular weight excluding hydrogens is 382 g/mol. The van der Waals surface area contributed by atoms with Crippen molar-refractivity contribution in [2.75, 3.05) is 6.54 Å². The van der Waals surface area contributed by atoms with Crippen LogP contribution in [-0.2, 0) is 6.42 Å². The number of hydrogen-bond acceptors (Lipinski definition) is 5. The van der Waals surface area contributed by atoms with Crippen molar-refractivity contribution in [3.63, 3.8) is 0 Å². The van der Waals surface area contributed by atoms with Gasteiger partial charge in [-0.25, -0.2) is 4.98 Å². The fraction of sp³-hybridized carbons (Fsp3) is 0.130. The first kappa shape index (κ1) is 17.7. The van der Waals surface area contributed by atoms with Gasteiger partial charge < -0.3 is 0 Å². The molecule has 0 aliphatic carbocycles. The van der Waals surface area contributed by atoms with E-state index in [4.69, 9.17) is 4.98 Å². The Hall–Kier alpha value is -3.38. The standard InChI is InChI=1S/C23H17N3O2S/c1-14-12-16-13-15(20(25-21(16)29-14)19-8-4-5-10-24-19)9-11-26-22(27)17-6-2-3-7-18(17)23(26)28/h2-8,10,12-13H,9,11H2,1H3. The molecule has 0 N–H and O–H groups in total. The number of imide groups is 1. The molecule has 4 aromatic rings. The molecule has 0 saturated heterocycles. The summed E-state index contributed by atoms with van der Waals surface area (Å²) in [6, 6.07) is 16.9. The molecule has 142 valence electrons. The number of carbonyl (C=O) groups excluding carboxylic acids is 2. The number of thiophene rings is 1. The van der Waals surface area contributed by atoms with E-state index >= 15 is 0 Å². The minimum atomic E-state index is -0.231. The van der Waals surface area contributed by atoms with Crippen molar-refractivity contribution in [1.82, 2.24) is 14.9 Å². The van der Waals surface area contributed by atoms with Crippen molar-refractivity contribution in [2.45, 2.75) is 13.3 Å². The van der Waals surface area contributed by atoms with Crippen LogP contribution in [0.1, 0.15) is 31.2 Å². The van der Waals surface area contributed by atoms with Crippen LogP contribution in [0.2, 0.25) is 0 Å². The molecule has 2 amide bonds. The molecule has 6 heteroatoms. The van der Waals surface area contributed by atoms with E-state index in [1.165, 1.54) is 9.78 Å². The Kier molecular flexibility index (Phi) is 4.21. The fourth-order valence-corrected chi connectivity index (χ4v) is 4.59. The molecular formula is C23H17N3O2S. The maximum atomic E-state index is 12.7. The molecule has 5 rings (SSSR count). The number of aryl methyl sites for hydroxylation is 1. The summed E-state index contributed by atoms with van der Waals surface area (Å²) < 4.78 is 0. The SMILES string of the molecule is Cc1cc2cc(CCN3C(=O)c4ccccc4C3=O)c(-c3ccccn3)nc2s1. The lowest BCUT2D eigenvalue weighted by Crippen LogP contribution is -2.31.